The van der Waals surface area contributed by atoms with Crippen LogP contribution in [-0.2, 0) is 10.3 Å². The first-order valence-electron chi connectivity index (χ1n) is 9.57. The maximum Gasteiger partial charge on any atom is 0.393 e. The van der Waals surface area contributed by atoms with Gasteiger partial charge in [0.25, 0.3) is 0 Å². The number of rotatable bonds is 6. The summed E-state index contributed by atoms with van der Waals surface area (Å²) in [7, 11) is -3.57. The molecule has 0 heterocycles. The predicted octanol–water partition coefficient (Wildman–Crippen LogP) is 6.42. The molecule has 0 radical (unpaired) electrons. The summed E-state index contributed by atoms with van der Waals surface area (Å²) in [6.07, 6.45) is 5.40. The van der Waals surface area contributed by atoms with E-state index in [4.69, 9.17) is 14.8 Å². The van der Waals surface area contributed by atoms with Gasteiger partial charge in [0.15, 0.2) is 0 Å². The van der Waals surface area contributed by atoms with Crippen LogP contribution in [0.1, 0.15) is 5.56 Å². The van der Waals surface area contributed by atoms with Crippen molar-refractivity contribution in [1.82, 2.24) is 0 Å². The molecule has 0 amide bonds. The van der Waals surface area contributed by atoms with Gasteiger partial charge in [0.1, 0.15) is 11.5 Å². The van der Waals surface area contributed by atoms with Crippen LogP contribution in [-0.4, -0.2) is 4.21 Å². The van der Waals surface area contributed by atoms with Crippen molar-refractivity contribution in [3.8, 4) is 35.0 Å². The molecule has 5 heteroatoms. The molecule has 0 fully saturated rings. The van der Waals surface area contributed by atoms with Crippen LogP contribution in [0.2, 0.25) is 0 Å². The van der Waals surface area contributed by atoms with Gasteiger partial charge in [0.05, 0.1) is 5.69 Å². The van der Waals surface area contributed by atoms with E-state index in [1.165, 1.54) is 0 Å². The van der Waals surface area contributed by atoms with Gasteiger partial charge in [-0.2, -0.15) is 4.21 Å². The summed E-state index contributed by atoms with van der Waals surface area (Å²) in [5, 5.41) is 0. The minimum absolute atomic E-state index is 0.379. The molecular formula is C26H19NO3S. The molecule has 4 aromatic rings. The lowest BCUT2D eigenvalue weighted by atomic mass is 10.1. The first kappa shape index (κ1) is 20.3. The highest BCUT2D eigenvalue weighted by molar-refractivity contribution is 7.85. The van der Waals surface area contributed by atoms with Crippen LogP contribution in [0.4, 0.5) is 5.69 Å². The largest absolute Gasteiger partial charge is 0.393 e. The highest BCUT2D eigenvalue weighted by Gasteiger charge is 2.15. The lowest BCUT2D eigenvalue weighted by Gasteiger charge is -2.13. The maximum atomic E-state index is 13.6. The molecule has 4 aromatic carbocycles. The molecule has 0 saturated carbocycles. The maximum absolute atomic E-state index is 13.6. The predicted molar refractivity (Wildman–Crippen MR) is 124 cm³/mol. The zero-order chi connectivity index (χ0) is 21.5. The van der Waals surface area contributed by atoms with Crippen molar-refractivity contribution in [2.24, 2.45) is 4.36 Å². The van der Waals surface area contributed by atoms with Crippen LogP contribution in [0, 0.1) is 12.3 Å². The van der Waals surface area contributed by atoms with Crippen molar-refractivity contribution in [2.75, 3.05) is 0 Å². The monoisotopic (exact) mass is 425 g/mol. The van der Waals surface area contributed by atoms with Gasteiger partial charge in [0, 0.05) is 5.56 Å². The van der Waals surface area contributed by atoms with Gasteiger partial charge in [0.2, 0.25) is 0 Å². The van der Waals surface area contributed by atoms with Crippen LogP contribution in [0.5, 0.6) is 11.5 Å². The quantitative estimate of drug-likeness (QED) is 0.335. The number of nitrogens with zero attached hydrogens (tertiary/aromatic N) is 1. The van der Waals surface area contributed by atoms with Crippen molar-refractivity contribution in [2.45, 2.75) is 0 Å². The average Bonchev–Trinajstić information content (AvgIpc) is 2.81. The number of benzene rings is 4. The first-order chi connectivity index (χ1) is 15.1. The van der Waals surface area contributed by atoms with Gasteiger partial charge >= 0.3 is 10.3 Å². The van der Waals surface area contributed by atoms with E-state index in [0.29, 0.717) is 22.7 Å². The van der Waals surface area contributed by atoms with Crippen LogP contribution in [0.25, 0.3) is 11.1 Å². The third-order valence-electron chi connectivity index (χ3n) is 4.36. The van der Waals surface area contributed by atoms with Crippen molar-refractivity contribution in [3.05, 3.63) is 115 Å². The fourth-order valence-corrected chi connectivity index (χ4v) is 4.05. The van der Waals surface area contributed by atoms with E-state index in [1.54, 1.807) is 60.7 Å². The third-order valence-corrected chi connectivity index (χ3v) is 5.60. The van der Waals surface area contributed by atoms with E-state index >= 15 is 0 Å². The molecule has 4 rings (SSSR count). The summed E-state index contributed by atoms with van der Waals surface area (Å²) in [5.74, 6) is 3.31. The van der Waals surface area contributed by atoms with Crippen LogP contribution < -0.4 is 8.37 Å². The molecule has 31 heavy (non-hydrogen) atoms. The van der Waals surface area contributed by atoms with Crippen LogP contribution in [0.3, 0.4) is 0 Å². The Labute approximate surface area is 182 Å². The molecule has 0 N–H and O–H groups in total. The van der Waals surface area contributed by atoms with Gasteiger partial charge < -0.3 is 8.37 Å². The van der Waals surface area contributed by atoms with E-state index in [9.17, 15) is 4.21 Å². The Morgan fingerprint density at radius 3 is 1.74 bits per heavy atom. The Balaban J connectivity index is 1.66. The highest BCUT2D eigenvalue weighted by atomic mass is 32.2. The van der Waals surface area contributed by atoms with Gasteiger partial charge in [-0.15, -0.1) is 10.8 Å². The minimum Gasteiger partial charge on any atom is -0.368 e. The zero-order valence-corrected chi connectivity index (χ0v) is 17.4. The molecular weight excluding hydrogens is 406 g/mol. The summed E-state index contributed by atoms with van der Waals surface area (Å²) in [4.78, 5) is 0. The Hall–Kier alpha value is -4.01. The molecule has 0 aliphatic heterocycles. The van der Waals surface area contributed by atoms with Gasteiger partial charge in [-0.1, -0.05) is 66.6 Å². The molecule has 0 aliphatic rings. The standard InChI is InChI=1S/C26H19NO3S/c1-2-21-13-17-24(18-14-21)27-31(28,29-25-11-7-4-8-12-25)30-26-19-15-23(16-20-26)22-9-5-3-6-10-22/h1,3-20H/t31-/m1/s1. The number of hydrogen-bond donors (Lipinski definition) is 0. The Bertz CT molecular complexity index is 1300. The minimum atomic E-state index is -3.57. The molecule has 0 spiro atoms. The Morgan fingerprint density at radius 2 is 1.16 bits per heavy atom. The molecule has 0 bridgehead atoms. The second kappa shape index (κ2) is 9.21. The summed E-state index contributed by atoms with van der Waals surface area (Å²) in [6.45, 7) is 0. The smallest absolute Gasteiger partial charge is 0.368 e. The van der Waals surface area contributed by atoms with Crippen molar-refractivity contribution in [1.29, 1.82) is 0 Å². The van der Waals surface area contributed by atoms with Crippen LogP contribution in [0.15, 0.2) is 114 Å². The third kappa shape index (κ3) is 5.33. The second-order valence-corrected chi connectivity index (χ2v) is 7.95. The summed E-state index contributed by atoms with van der Waals surface area (Å²) in [6, 6.07) is 32.8. The van der Waals surface area contributed by atoms with Gasteiger partial charge in [-0.05, 0) is 59.7 Å². The highest BCUT2D eigenvalue weighted by Crippen LogP contribution is 2.26. The SMILES string of the molecule is C#Cc1ccc(N=[S@@](=O)(Oc2ccccc2)Oc2ccc(-c3ccccc3)cc2)cc1. The zero-order valence-electron chi connectivity index (χ0n) is 16.5. The fraction of sp³-hybridized carbons (Fsp3) is 0. The van der Waals surface area contributed by atoms with Crippen molar-refractivity contribution >= 4 is 16.0 Å². The van der Waals surface area contributed by atoms with Crippen molar-refractivity contribution < 1.29 is 12.6 Å². The topological polar surface area (TPSA) is 47.9 Å². The van der Waals surface area contributed by atoms with E-state index in [0.717, 1.165) is 11.1 Å². The lowest BCUT2D eigenvalue weighted by Crippen LogP contribution is -2.16. The Kier molecular flexibility index (Phi) is 6.02. The molecule has 1 atom stereocenters. The second-order valence-electron chi connectivity index (χ2n) is 6.58. The number of terminal acetylenes is 1. The summed E-state index contributed by atoms with van der Waals surface area (Å²) < 4.78 is 29.2. The number of para-hydroxylation sites is 1. The summed E-state index contributed by atoms with van der Waals surface area (Å²) in [5.41, 5.74) is 3.23. The molecule has 0 aromatic heterocycles. The first-order valence-corrected chi connectivity index (χ1v) is 10.9. The van der Waals surface area contributed by atoms with Crippen LogP contribution >= 0.6 is 0 Å². The van der Waals surface area contributed by atoms with Gasteiger partial charge in [-0.3, -0.25) is 0 Å². The van der Waals surface area contributed by atoms with E-state index in [1.807, 2.05) is 48.5 Å². The molecule has 152 valence electrons. The van der Waals surface area contributed by atoms with E-state index in [-0.39, 0.29) is 0 Å². The molecule has 0 saturated heterocycles. The molecule has 4 nitrogen and oxygen atoms in total. The fourth-order valence-electron chi connectivity index (χ4n) is 2.85. The lowest BCUT2D eigenvalue weighted by molar-refractivity contribution is 0.448. The van der Waals surface area contributed by atoms with E-state index in [2.05, 4.69) is 10.3 Å². The van der Waals surface area contributed by atoms with Gasteiger partial charge in [-0.25, -0.2) is 0 Å². The number of hydrogen-bond acceptors (Lipinski definition) is 4. The van der Waals surface area contributed by atoms with Crippen molar-refractivity contribution in [3.63, 3.8) is 0 Å². The summed E-state index contributed by atoms with van der Waals surface area (Å²) >= 11 is 0. The Morgan fingerprint density at radius 1 is 0.645 bits per heavy atom. The normalized spacial score (nSPS) is 12.2. The van der Waals surface area contributed by atoms with E-state index < -0.39 is 10.3 Å². The molecule has 0 unspecified atom stereocenters. The average molecular weight is 426 g/mol. The molecule has 0 aliphatic carbocycles.